The maximum absolute atomic E-state index is 13.0. The van der Waals surface area contributed by atoms with Gasteiger partial charge in [-0.1, -0.05) is 44.9 Å². The van der Waals surface area contributed by atoms with Crippen molar-refractivity contribution in [2.75, 3.05) is 11.9 Å². The number of allylic oxidation sites excluding steroid dienone is 1. The fourth-order valence-corrected chi connectivity index (χ4v) is 3.14. The van der Waals surface area contributed by atoms with Gasteiger partial charge in [-0.2, -0.15) is 0 Å². The van der Waals surface area contributed by atoms with Gasteiger partial charge in [0.15, 0.2) is 5.65 Å². The molecule has 1 N–H and O–H groups in total. The van der Waals surface area contributed by atoms with Crippen LogP contribution in [-0.4, -0.2) is 33.0 Å². The summed E-state index contributed by atoms with van der Waals surface area (Å²) in [5.41, 5.74) is 2.54. The Morgan fingerprint density at radius 3 is 2.55 bits per heavy atom. The van der Waals surface area contributed by atoms with Gasteiger partial charge in [-0.05, 0) is 18.6 Å². The number of aromatic nitrogens is 3. The first-order chi connectivity index (χ1) is 14.1. The molecule has 0 radical (unpaired) electrons. The molecule has 0 bridgehead atoms. The largest absolute Gasteiger partial charge is 0.462 e. The number of fused-ring (bicyclic) bond motifs is 2. The van der Waals surface area contributed by atoms with E-state index in [1.54, 1.807) is 17.6 Å². The monoisotopic (exact) mass is 394 g/mol. The summed E-state index contributed by atoms with van der Waals surface area (Å²) in [4.78, 5) is 34.5. The summed E-state index contributed by atoms with van der Waals surface area (Å²) >= 11 is 0. The molecule has 0 saturated heterocycles. The van der Waals surface area contributed by atoms with E-state index in [1.165, 1.54) is 0 Å². The number of rotatable bonds is 9. The number of ether oxygens (including phenoxy) is 1. The first-order valence-electron chi connectivity index (χ1n) is 9.97. The number of amides is 1. The van der Waals surface area contributed by atoms with Crippen molar-refractivity contribution < 1.29 is 14.3 Å². The van der Waals surface area contributed by atoms with E-state index in [1.807, 2.05) is 24.3 Å². The lowest BCUT2D eigenvalue weighted by molar-refractivity contribution is -0.115. The molecule has 0 spiro atoms. The summed E-state index contributed by atoms with van der Waals surface area (Å²) in [6.07, 6.45) is 4.78. The van der Waals surface area contributed by atoms with Gasteiger partial charge in [0.2, 0.25) is 5.91 Å². The molecule has 7 heteroatoms. The van der Waals surface area contributed by atoms with E-state index >= 15 is 0 Å². The quantitative estimate of drug-likeness (QED) is 0.329. The van der Waals surface area contributed by atoms with Crippen LogP contribution < -0.4 is 5.32 Å². The highest BCUT2D eigenvalue weighted by Gasteiger charge is 2.27. The summed E-state index contributed by atoms with van der Waals surface area (Å²) in [7, 11) is 0. The van der Waals surface area contributed by atoms with Gasteiger partial charge < -0.3 is 14.6 Å². The van der Waals surface area contributed by atoms with Crippen molar-refractivity contribution >= 4 is 39.9 Å². The number of carbonyl (C=O) groups excluding carboxylic acids is 2. The van der Waals surface area contributed by atoms with E-state index in [0.29, 0.717) is 41.2 Å². The van der Waals surface area contributed by atoms with Crippen molar-refractivity contribution in [3.8, 4) is 0 Å². The standard InChI is InChI=1S/C22H26N4O3/c1-4-7-10-14-29-22(28)18-19-21(24-16-12-9-8-11-15(16)23-19)26(13-5-2)20(18)25-17(27)6-3/h5,8-9,11-12H,2,4,6-7,10,13-14H2,1,3H3,(H,25,27). The number of hydrogen-bond acceptors (Lipinski definition) is 5. The van der Waals surface area contributed by atoms with Crippen LogP contribution in [0.15, 0.2) is 36.9 Å². The summed E-state index contributed by atoms with van der Waals surface area (Å²) in [5, 5.41) is 2.84. The molecule has 0 atom stereocenters. The third kappa shape index (κ3) is 4.29. The van der Waals surface area contributed by atoms with Gasteiger partial charge in [0.1, 0.15) is 16.9 Å². The van der Waals surface area contributed by atoms with E-state index in [-0.39, 0.29) is 17.9 Å². The Morgan fingerprint density at radius 1 is 1.17 bits per heavy atom. The van der Waals surface area contributed by atoms with Crippen molar-refractivity contribution in [2.45, 2.75) is 46.1 Å². The summed E-state index contributed by atoms with van der Waals surface area (Å²) in [5.74, 6) is -0.366. The smallest absolute Gasteiger partial charge is 0.344 e. The Morgan fingerprint density at radius 2 is 1.90 bits per heavy atom. The van der Waals surface area contributed by atoms with E-state index < -0.39 is 5.97 Å². The highest BCUT2D eigenvalue weighted by atomic mass is 16.5. The number of esters is 1. The zero-order valence-corrected chi connectivity index (χ0v) is 16.9. The molecule has 0 saturated carbocycles. The maximum atomic E-state index is 13.0. The van der Waals surface area contributed by atoms with Crippen LogP contribution >= 0.6 is 0 Å². The number of anilines is 1. The molecule has 29 heavy (non-hydrogen) atoms. The van der Waals surface area contributed by atoms with E-state index in [9.17, 15) is 9.59 Å². The molecule has 0 unspecified atom stereocenters. The molecular weight excluding hydrogens is 368 g/mol. The molecular formula is C22H26N4O3. The Bertz CT molecular complexity index is 1060. The number of nitrogens with one attached hydrogen (secondary N) is 1. The number of nitrogens with zero attached hydrogens (tertiary/aromatic N) is 3. The average molecular weight is 394 g/mol. The topological polar surface area (TPSA) is 86.1 Å². The Labute approximate surface area is 169 Å². The normalized spacial score (nSPS) is 11.0. The predicted molar refractivity (Wildman–Crippen MR) is 114 cm³/mol. The SMILES string of the molecule is C=CCn1c(NC(=O)CC)c(C(=O)OCCCCC)c2nc3ccccc3nc21. The van der Waals surface area contributed by atoms with Crippen LogP contribution in [0.5, 0.6) is 0 Å². The van der Waals surface area contributed by atoms with Crippen molar-refractivity contribution in [1.82, 2.24) is 14.5 Å². The molecule has 7 nitrogen and oxygen atoms in total. The minimum Gasteiger partial charge on any atom is -0.462 e. The zero-order chi connectivity index (χ0) is 20.8. The highest BCUT2D eigenvalue weighted by Crippen LogP contribution is 2.31. The molecule has 3 aromatic rings. The molecule has 3 rings (SSSR count). The Hall–Kier alpha value is -3.22. The van der Waals surface area contributed by atoms with Crippen molar-refractivity contribution in [3.05, 3.63) is 42.5 Å². The van der Waals surface area contributed by atoms with Crippen molar-refractivity contribution in [2.24, 2.45) is 0 Å². The van der Waals surface area contributed by atoms with E-state index in [0.717, 1.165) is 19.3 Å². The second-order valence-corrected chi connectivity index (χ2v) is 6.75. The molecule has 0 fully saturated rings. The molecule has 2 aromatic heterocycles. The number of carbonyl (C=O) groups is 2. The zero-order valence-electron chi connectivity index (χ0n) is 16.9. The summed E-state index contributed by atoms with van der Waals surface area (Å²) < 4.78 is 7.25. The third-order valence-electron chi connectivity index (χ3n) is 4.63. The first kappa shape index (κ1) is 20.5. The van der Waals surface area contributed by atoms with E-state index in [4.69, 9.17) is 9.72 Å². The highest BCUT2D eigenvalue weighted by molar-refractivity contribution is 6.11. The van der Waals surface area contributed by atoms with Crippen LogP contribution in [0.2, 0.25) is 0 Å². The molecule has 1 aromatic carbocycles. The fourth-order valence-electron chi connectivity index (χ4n) is 3.14. The minimum atomic E-state index is -0.509. The second-order valence-electron chi connectivity index (χ2n) is 6.75. The lowest BCUT2D eigenvalue weighted by Gasteiger charge is -2.11. The predicted octanol–water partition coefficient (Wildman–Crippen LogP) is 4.47. The molecule has 0 aliphatic heterocycles. The molecule has 152 valence electrons. The van der Waals surface area contributed by atoms with Crippen molar-refractivity contribution in [3.63, 3.8) is 0 Å². The van der Waals surface area contributed by atoms with Gasteiger partial charge in [-0.15, -0.1) is 6.58 Å². The number of unbranched alkanes of at least 4 members (excludes halogenated alkanes) is 2. The van der Waals surface area contributed by atoms with Gasteiger partial charge in [-0.25, -0.2) is 14.8 Å². The lowest BCUT2D eigenvalue weighted by Crippen LogP contribution is -2.17. The number of benzene rings is 1. The Balaban J connectivity index is 2.19. The first-order valence-corrected chi connectivity index (χ1v) is 9.97. The third-order valence-corrected chi connectivity index (χ3v) is 4.63. The molecule has 0 aliphatic rings. The lowest BCUT2D eigenvalue weighted by atomic mass is 10.2. The van der Waals surface area contributed by atoms with E-state index in [2.05, 4.69) is 23.8 Å². The van der Waals surface area contributed by atoms with Crippen LogP contribution in [0.3, 0.4) is 0 Å². The van der Waals surface area contributed by atoms with Crippen LogP contribution in [0.25, 0.3) is 22.2 Å². The summed E-state index contributed by atoms with van der Waals surface area (Å²) in [6.45, 7) is 8.32. The van der Waals surface area contributed by atoms with Crippen molar-refractivity contribution in [1.29, 1.82) is 0 Å². The van der Waals surface area contributed by atoms with Crippen LogP contribution in [-0.2, 0) is 16.1 Å². The molecule has 1 amide bonds. The Kier molecular flexibility index (Phi) is 6.59. The maximum Gasteiger partial charge on any atom is 0.344 e. The number of hydrogen-bond donors (Lipinski definition) is 1. The van der Waals surface area contributed by atoms with Gasteiger partial charge in [-0.3, -0.25) is 4.79 Å². The van der Waals surface area contributed by atoms with Gasteiger partial charge >= 0.3 is 5.97 Å². The van der Waals surface area contributed by atoms with Gasteiger partial charge in [0.05, 0.1) is 17.6 Å². The van der Waals surface area contributed by atoms with Crippen LogP contribution in [0.1, 0.15) is 49.9 Å². The summed E-state index contributed by atoms with van der Waals surface area (Å²) in [6, 6.07) is 7.45. The number of para-hydroxylation sites is 2. The minimum absolute atomic E-state index is 0.206. The average Bonchev–Trinajstić information content (AvgIpc) is 3.01. The fraction of sp³-hybridized carbons (Fsp3) is 0.364. The van der Waals surface area contributed by atoms with Crippen LogP contribution in [0.4, 0.5) is 5.82 Å². The van der Waals surface area contributed by atoms with Crippen LogP contribution in [0, 0.1) is 0 Å². The molecule has 0 aliphatic carbocycles. The second kappa shape index (κ2) is 9.32. The van der Waals surface area contributed by atoms with Gasteiger partial charge in [0, 0.05) is 13.0 Å². The molecule has 2 heterocycles. The van der Waals surface area contributed by atoms with Gasteiger partial charge in [0.25, 0.3) is 0 Å².